The number of sulfonamides is 1. The first-order valence-electron chi connectivity index (χ1n) is 6.48. The van der Waals surface area contributed by atoms with Crippen molar-refractivity contribution in [2.75, 3.05) is 25.4 Å². The van der Waals surface area contributed by atoms with Crippen molar-refractivity contribution in [1.82, 2.24) is 9.62 Å². The highest BCUT2D eigenvalue weighted by Gasteiger charge is 2.23. The Labute approximate surface area is 120 Å². The first-order valence-corrected chi connectivity index (χ1v) is 8.09. The summed E-state index contributed by atoms with van der Waals surface area (Å²) in [5, 5.41) is 2.59. The molecular formula is C13H21N3O3S. The second-order valence-electron chi connectivity index (χ2n) is 4.38. The van der Waals surface area contributed by atoms with Crippen LogP contribution in [0.4, 0.5) is 5.69 Å². The lowest BCUT2D eigenvalue weighted by Crippen LogP contribution is -2.41. The van der Waals surface area contributed by atoms with E-state index in [1.165, 1.54) is 4.31 Å². The van der Waals surface area contributed by atoms with E-state index < -0.39 is 10.0 Å². The molecule has 0 radical (unpaired) electrons. The zero-order chi connectivity index (χ0) is 15.2. The zero-order valence-electron chi connectivity index (χ0n) is 11.8. The maximum Gasteiger partial charge on any atom is 0.235 e. The van der Waals surface area contributed by atoms with Crippen molar-refractivity contribution in [2.45, 2.75) is 19.6 Å². The molecule has 1 rings (SSSR count). The molecule has 0 saturated carbocycles. The van der Waals surface area contributed by atoms with Gasteiger partial charge in [-0.2, -0.15) is 4.31 Å². The van der Waals surface area contributed by atoms with E-state index in [0.29, 0.717) is 17.8 Å². The largest absolute Gasteiger partial charge is 0.399 e. The molecule has 0 saturated heterocycles. The lowest BCUT2D eigenvalue weighted by Gasteiger charge is -2.20. The van der Waals surface area contributed by atoms with Gasteiger partial charge in [-0.15, -0.1) is 0 Å². The minimum Gasteiger partial charge on any atom is -0.399 e. The summed E-state index contributed by atoms with van der Waals surface area (Å²) in [5.41, 5.74) is 6.76. The van der Waals surface area contributed by atoms with Crippen LogP contribution < -0.4 is 11.1 Å². The standard InChI is InChI=1S/C13H21N3O3S/c1-3-15-13(17)9-16(4-2)20(18,19)10-11-6-5-7-12(14)8-11/h5-8H,3-4,9-10,14H2,1-2H3,(H,15,17). The number of nitrogens with one attached hydrogen (secondary N) is 1. The van der Waals surface area contributed by atoms with Gasteiger partial charge in [-0.1, -0.05) is 19.1 Å². The first-order chi connectivity index (χ1) is 9.39. The molecule has 1 aromatic rings. The zero-order valence-corrected chi connectivity index (χ0v) is 12.6. The molecule has 3 N–H and O–H groups in total. The number of carbonyl (C=O) groups is 1. The van der Waals surface area contributed by atoms with Crippen LogP contribution in [0.25, 0.3) is 0 Å². The Kier molecular flexibility index (Phi) is 5.97. The van der Waals surface area contributed by atoms with Crippen LogP contribution in [-0.2, 0) is 20.6 Å². The number of benzene rings is 1. The SMILES string of the molecule is CCNC(=O)CN(CC)S(=O)(=O)Cc1cccc(N)c1. The van der Waals surface area contributed by atoms with Gasteiger partial charge in [0.2, 0.25) is 15.9 Å². The fraction of sp³-hybridized carbons (Fsp3) is 0.462. The molecule has 0 unspecified atom stereocenters. The van der Waals surface area contributed by atoms with Gasteiger partial charge in [0, 0.05) is 18.8 Å². The van der Waals surface area contributed by atoms with Gasteiger partial charge in [-0.05, 0) is 24.6 Å². The summed E-state index contributed by atoms with van der Waals surface area (Å²) >= 11 is 0. The number of rotatable bonds is 7. The van der Waals surface area contributed by atoms with Crippen molar-refractivity contribution in [3.8, 4) is 0 Å². The molecule has 6 nitrogen and oxygen atoms in total. The molecule has 1 aromatic carbocycles. The Morgan fingerprint density at radius 3 is 2.60 bits per heavy atom. The van der Waals surface area contributed by atoms with Crippen molar-refractivity contribution < 1.29 is 13.2 Å². The maximum atomic E-state index is 12.3. The highest BCUT2D eigenvalue weighted by molar-refractivity contribution is 7.88. The summed E-state index contributed by atoms with van der Waals surface area (Å²) < 4.78 is 25.7. The normalized spacial score (nSPS) is 11.6. The molecule has 0 fully saturated rings. The first kappa shape index (κ1) is 16.5. The van der Waals surface area contributed by atoms with Crippen LogP contribution in [0.15, 0.2) is 24.3 Å². The van der Waals surface area contributed by atoms with Crippen LogP contribution >= 0.6 is 0 Å². The van der Waals surface area contributed by atoms with Crippen LogP contribution in [-0.4, -0.2) is 38.3 Å². The molecule has 0 aliphatic heterocycles. The van der Waals surface area contributed by atoms with Crippen molar-refractivity contribution in [2.24, 2.45) is 0 Å². The van der Waals surface area contributed by atoms with Gasteiger partial charge in [0.25, 0.3) is 0 Å². The van der Waals surface area contributed by atoms with Crippen LogP contribution in [0.1, 0.15) is 19.4 Å². The molecule has 7 heteroatoms. The number of likely N-dealkylation sites (N-methyl/N-ethyl adjacent to an activating group) is 2. The topological polar surface area (TPSA) is 92.5 Å². The summed E-state index contributed by atoms with van der Waals surface area (Å²) in [5.74, 6) is -0.462. The van der Waals surface area contributed by atoms with E-state index in [2.05, 4.69) is 5.32 Å². The van der Waals surface area contributed by atoms with Gasteiger partial charge in [-0.25, -0.2) is 8.42 Å². The number of hydrogen-bond donors (Lipinski definition) is 2. The number of nitrogens with zero attached hydrogens (tertiary/aromatic N) is 1. The van der Waals surface area contributed by atoms with Gasteiger partial charge in [0.05, 0.1) is 12.3 Å². The second-order valence-corrected chi connectivity index (χ2v) is 6.35. The van der Waals surface area contributed by atoms with Crippen molar-refractivity contribution >= 4 is 21.6 Å². The van der Waals surface area contributed by atoms with Crippen LogP contribution in [0.5, 0.6) is 0 Å². The molecule has 1 amide bonds. The number of anilines is 1. The molecule has 0 bridgehead atoms. The lowest BCUT2D eigenvalue weighted by molar-refractivity contribution is -0.121. The summed E-state index contributed by atoms with van der Waals surface area (Å²) in [6.07, 6.45) is 0. The lowest BCUT2D eigenvalue weighted by atomic mass is 10.2. The van der Waals surface area contributed by atoms with Gasteiger partial charge < -0.3 is 11.1 Å². The quantitative estimate of drug-likeness (QED) is 0.719. The number of hydrogen-bond acceptors (Lipinski definition) is 4. The summed E-state index contributed by atoms with van der Waals surface area (Å²) in [4.78, 5) is 11.5. The van der Waals surface area contributed by atoms with E-state index in [-0.39, 0.29) is 24.7 Å². The molecule has 112 valence electrons. The molecule has 0 aromatic heterocycles. The molecule has 0 heterocycles. The fourth-order valence-electron chi connectivity index (χ4n) is 1.80. The monoisotopic (exact) mass is 299 g/mol. The van der Waals surface area contributed by atoms with Crippen LogP contribution in [0, 0.1) is 0 Å². The average Bonchev–Trinajstić information content (AvgIpc) is 2.35. The minimum absolute atomic E-state index is 0.158. The second kappa shape index (κ2) is 7.25. The van der Waals surface area contributed by atoms with E-state index in [1.54, 1.807) is 38.1 Å². The Morgan fingerprint density at radius 1 is 1.35 bits per heavy atom. The Morgan fingerprint density at radius 2 is 2.05 bits per heavy atom. The summed E-state index contributed by atoms with van der Waals surface area (Å²) in [6.45, 7) is 4.06. The fourth-order valence-corrected chi connectivity index (χ4v) is 3.30. The smallest absolute Gasteiger partial charge is 0.235 e. The van der Waals surface area contributed by atoms with E-state index >= 15 is 0 Å². The summed E-state index contributed by atoms with van der Waals surface area (Å²) in [6, 6.07) is 6.73. The van der Waals surface area contributed by atoms with E-state index in [9.17, 15) is 13.2 Å². The highest BCUT2D eigenvalue weighted by atomic mass is 32.2. The van der Waals surface area contributed by atoms with Crippen molar-refractivity contribution in [3.05, 3.63) is 29.8 Å². The van der Waals surface area contributed by atoms with E-state index in [4.69, 9.17) is 5.73 Å². The molecule has 0 aliphatic rings. The predicted molar refractivity (Wildman–Crippen MR) is 79.4 cm³/mol. The average molecular weight is 299 g/mol. The number of nitrogen functional groups attached to an aromatic ring is 1. The van der Waals surface area contributed by atoms with E-state index in [1.807, 2.05) is 0 Å². The number of nitrogens with two attached hydrogens (primary N) is 1. The summed E-state index contributed by atoms with van der Waals surface area (Å²) in [7, 11) is -3.54. The molecule has 20 heavy (non-hydrogen) atoms. The Bertz CT molecular complexity index is 558. The van der Waals surface area contributed by atoms with Gasteiger partial charge >= 0.3 is 0 Å². The Balaban J connectivity index is 2.82. The highest BCUT2D eigenvalue weighted by Crippen LogP contribution is 2.13. The van der Waals surface area contributed by atoms with E-state index in [0.717, 1.165) is 0 Å². The van der Waals surface area contributed by atoms with Crippen LogP contribution in [0.2, 0.25) is 0 Å². The molecule has 0 spiro atoms. The maximum absolute atomic E-state index is 12.3. The molecular weight excluding hydrogens is 278 g/mol. The van der Waals surface area contributed by atoms with Crippen molar-refractivity contribution in [3.63, 3.8) is 0 Å². The third-order valence-corrected chi connectivity index (χ3v) is 4.61. The number of carbonyl (C=O) groups excluding carboxylic acids is 1. The van der Waals surface area contributed by atoms with Gasteiger partial charge in [0.15, 0.2) is 0 Å². The molecule has 0 aliphatic carbocycles. The predicted octanol–water partition coefficient (Wildman–Crippen LogP) is 0.557. The molecule has 0 atom stereocenters. The Hall–Kier alpha value is -1.60. The van der Waals surface area contributed by atoms with Crippen LogP contribution in [0.3, 0.4) is 0 Å². The third kappa shape index (κ3) is 4.82. The number of amides is 1. The third-order valence-electron chi connectivity index (χ3n) is 2.74. The van der Waals surface area contributed by atoms with Gasteiger partial charge in [0.1, 0.15) is 0 Å². The minimum atomic E-state index is -3.54. The van der Waals surface area contributed by atoms with Gasteiger partial charge in [-0.3, -0.25) is 4.79 Å². The van der Waals surface area contributed by atoms with Crippen molar-refractivity contribution in [1.29, 1.82) is 0 Å².